The summed E-state index contributed by atoms with van der Waals surface area (Å²) in [5.74, 6) is -0.877. The monoisotopic (exact) mass is 638 g/mol. The molecule has 0 aromatic rings. The van der Waals surface area contributed by atoms with Crippen LogP contribution in [0.5, 0.6) is 0 Å². The van der Waals surface area contributed by atoms with Gasteiger partial charge in [-0.1, -0.05) is 175 Å². The summed E-state index contributed by atoms with van der Waals surface area (Å²) in [6, 6.07) is -0.796. The van der Waals surface area contributed by atoms with Crippen molar-refractivity contribution in [1.29, 1.82) is 0 Å². The second kappa shape index (κ2) is 35.3. The summed E-state index contributed by atoms with van der Waals surface area (Å²) in [7, 11) is 0. The molecule has 0 radical (unpaired) electrons. The molecule has 0 heterocycles. The summed E-state index contributed by atoms with van der Waals surface area (Å²) in [6.07, 6.45) is 33.4. The summed E-state index contributed by atoms with van der Waals surface area (Å²) in [4.78, 5) is 37.9. The van der Waals surface area contributed by atoms with Crippen molar-refractivity contribution in [2.75, 3.05) is 13.2 Å². The van der Waals surface area contributed by atoms with Gasteiger partial charge in [-0.2, -0.15) is 0 Å². The van der Waals surface area contributed by atoms with Crippen LogP contribution in [0.4, 0.5) is 0 Å². The fourth-order valence-electron chi connectivity index (χ4n) is 5.73. The van der Waals surface area contributed by atoms with E-state index in [4.69, 9.17) is 9.47 Å². The maximum absolute atomic E-state index is 12.8. The third-order valence-corrected chi connectivity index (χ3v) is 8.77. The molecule has 0 aliphatic rings. The molecule has 6 nitrogen and oxygen atoms in total. The van der Waals surface area contributed by atoms with E-state index in [1.165, 1.54) is 122 Å². The minimum atomic E-state index is -0.796. The van der Waals surface area contributed by atoms with Gasteiger partial charge < -0.3 is 14.8 Å². The normalized spacial score (nSPS) is 11.8. The number of nitrogens with one attached hydrogen (secondary N) is 1. The van der Waals surface area contributed by atoms with Crippen molar-refractivity contribution in [2.24, 2.45) is 0 Å². The first-order chi connectivity index (χ1) is 22.0. The van der Waals surface area contributed by atoms with E-state index in [1.54, 1.807) is 0 Å². The Kier molecular flexibility index (Phi) is 34.0. The number of unbranched alkanes of at least 4 members (excludes halogenated alkanes) is 24. The molecule has 0 spiro atoms. The molecule has 0 aromatic carbocycles. The fourth-order valence-corrected chi connectivity index (χ4v) is 5.73. The molecule has 0 aliphatic carbocycles. The van der Waals surface area contributed by atoms with Crippen molar-refractivity contribution >= 4 is 17.8 Å². The quantitative estimate of drug-likeness (QED) is 0.0552. The topological polar surface area (TPSA) is 81.7 Å². The first-order valence-corrected chi connectivity index (χ1v) is 19.7. The second-order valence-electron chi connectivity index (χ2n) is 13.3. The van der Waals surface area contributed by atoms with Gasteiger partial charge >= 0.3 is 11.9 Å². The van der Waals surface area contributed by atoms with Crippen LogP contribution in [0.2, 0.25) is 0 Å². The molecule has 6 heteroatoms. The lowest BCUT2D eigenvalue weighted by Crippen LogP contribution is -2.42. The van der Waals surface area contributed by atoms with E-state index in [9.17, 15) is 14.4 Å². The first kappa shape index (κ1) is 43.4. The smallest absolute Gasteiger partial charge is 0.328 e. The van der Waals surface area contributed by atoms with Gasteiger partial charge in [0.05, 0.1) is 13.2 Å². The van der Waals surface area contributed by atoms with Crippen LogP contribution in [0.15, 0.2) is 0 Å². The highest BCUT2D eigenvalue weighted by molar-refractivity contribution is 5.85. The van der Waals surface area contributed by atoms with Crippen LogP contribution in [0, 0.1) is 0 Å². The number of hydrogen-bond acceptors (Lipinski definition) is 5. The van der Waals surface area contributed by atoms with Gasteiger partial charge in [0.2, 0.25) is 5.91 Å². The molecule has 0 fully saturated rings. The fraction of sp³-hybridized carbons (Fsp3) is 0.923. The zero-order valence-electron chi connectivity index (χ0n) is 30.2. The SMILES string of the molecule is CCCCCCCCCCCCCCCCCC(=O)NC(CCC(=O)OCCCCCCCC)C(=O)OCCCCCCCC. The number of esters is 2. The molecule has 0 aliphatic heterocycles. The Morgan fingerprint density at radius 3 is 1.22 bits per heavy atom. The Hall–Kier alpha value is -1.59. The van der Waals surface area contributed by atoms with Crippen LogP contribution >= 0.6 is 0 Å². The minimum absolute atomic E-state index is 0.103. The van der Waals surface area contributed by atoms with Gasteiger partial charge in [-0.3, -0.25) is 9.59 Å². The van der Waals surface area contributed by atoms with Gasteiger partial charge in [-0.15, -0.1) is 0 Å². The van der Waals surface area contributed by atoms with E-state index in [1.807, 2.05) is 0 Å². The van der Waals surface area contributed by atoms with Crippen LogP contribution in [0.3, 0.4) is 0 Å². The number of amides is 1. The Bertz CT molecular complexity index is 668. The number of rotatable bonds is 35. The molecule has 1 unspecified atom stereocenters. The van der Waals surface area contributed by atoms with E-state index in [2.05, 4.69) is 26.1 Å². The average Bonchev–Trinajstić information content (AvgIpc) is 3.03. The lowest BCUT2D eigenvalue weighted by molar-refractivity contribution is -0.149. The van der Waals surface area contributed by atoms with Crippen molar-refractivity contribution < 1.29 is 23.9 Å². The highest BCUT2D eigenvalue weighted by Gasteiger charge is 2.23. The standard InChI is InChI=1S/C39H75NO5/c1-4-7-10-13-16-17-18-19-20-21-22-23-24-25-28-31-37(41)40-36(39(43)45-35-30-27-15-12-9-6-3)32-33-38(42)44-34-29-26-14-11-8-5-2/h36H,4-35H2,1-3H3,(H,40,41). The van der Waals surface area contributed by atoms with Crippen molar-refractivity contribution in [2.45, 2.75) is 219 Å². The maximum Gasteiger partial charge on any atom is 0.328 e. The number of carbonyl (C=O) groups is 3. The van der Waals surface area contributed by atoms with E-state index >= 15 is 0 Å². The van der Waals surface area contributed by atoms with E-state index < -0.39 is 12.0 Å². The number of hydrogen-bond donors (Lipinski definition) is 1. The summed E-state index contributed by atoms with van der Waals surface area (Å²) < 4.78 is 10.9. The maximum atomic E-state index is 12.8. The molecule has 0 saturated carbocycles. The molecule has 1 amide bonds. The molecule has 0 bridgehead atoms. The van der Waals surface area contributed by atoms with Crippen LogP contribution in [0.25, 0.3) is 0 Å². The predicted molar refractivity (Wildman–Crippen MR) is 189 cm³/mol. The summed E-state index contributed by atoms with van der Waals surface area (Å²) in [5, 5.41) is 2.87. The van der Waals surface area contributed by atoms with Crippen LogP contribution in [0.1, 0.15) is 213 Å². The van der Waals surface area contributed by atoms with Gasteiger partial charge in [0, 0.05) is 12.8 Å². The molecule has 1 atom stereocenters. The summed E-state index contributed by atoms with van der Waals surface area (Å²) in [5.41, 5.74) is 0. The van der Waals surface area contributed by atoms with Crippen molar-refractivity contribution in [3.05, 3.63) is 0 Å². The molecular formula is C39H75NO5. The zero-order chi connectivity index (χ0) is 33.1. The van der Waals surface area contributed by atoms with Gasteiger partial charge in [-0.05, 0) is 25.7 Å². The lowest BCUT2D eigenvalue weighted by atomic mass is 10.0. The minimum Gasteiger partial charge on any atom is -0.466 e. The number of ether oxygens (including phenoxy) is 2. The molecular weight excluding hydrogens is 562 g/mol. The Labute approximate surface area is 279 Å². The van der Waals surface area contributed by atoms with E-state index in [0.717, 1.165) is 51.4 Å². The van der Waals surface area contributed by atoms with Crippen LogP contribution in [-0.4, -0.2) is 37.1 Å². The third-order valence-electron chi connectivity index (χ3n) is 8.77. The van der Waals surface area contributed by atoms with E-state index in [-0.39, 0.29) is 24.7 Å². The van der Waals surface area contributed by atoms with Crippen molar-refractivity contribution in [3.63, 3.8) is 0 Å². The molecule has 266 valence electrons. The molecule has 0 aromatic heterocycles. The van der Waals surface area contributed by atoms with Gasteiger partial charge in [0.15, 0.2) is 0 Å². The highest BCUT2D eigenvalue weighted by atomic mass is 16.5. The second-order valence-corrected chi connectivity index (χ2v) is 13.3. The lowest BCUT2D eigenvalue weighted by Gasteiger charge is -2.18. The Balaban J connectivity index is 4.22. The van der Waals surface area contributed by atoms with Crippen LogP contribution in [-0.2, 0) is 23.9 Å². The largest absolute Gasteiger partial charge is 0.466 e. The van der Waals surface area contributed by atoms with E-state index in [0.29, 0.717) is 19.6 Å². The van der Waals surface area contributed by atoms with Gasteiger partial charge in [0.25, 0.3) is 0 Å². The summed E-state index contributed by atoms with van der Waals surface area (Å²) >= 11 is 0. The molecule has 1 N–H and O–H groups in total. The molecule has 0 saturated heterocycles. The Morgan fingerprint density at radius 2 is 0.800 bits per heavy atom. The van der Waals surface area contributed by atoms with Crippen molar-refractivity contribution in [3.8, 4) is 0 Å². The van der Waals surface area contributed by atoms with Gasteiger partial charge in [0.1, 0.15) is 6.04 Å². The average molecular weight is 638 g/mol. The predicted octanol–water partition coefficient (Wildman–Crippen LogP) is 11.3. The van der Waals surface area contributed by atoms with Gasteiger partial charge in [-0.25, -0.2) is 4.79 Å². The Morgan fingerprint density at radius 1 is 0.444 bits per heavy atom. The zero-order valence-corrected chi connectivity index (χ0v) is 30.2. The molecule has 45 heavy (non-hydrogen) atoms. The molecule has 0 rings (SSSR count). The van der Waals surface area contributed by atoms with Crippen molar-refractivity contribution in [1.82, 2.24) is 5.32 Å². The first-order valence-electron chi connectivity index (χ1n) is 19.7. The summed E-state index contributed by atoms with van der Waals surface area (Å²) in [6.45, 7) is 7.44. The highest BCUT2D eigenvalue weighted by Crippen LogP contribution is 2.14. The van der Waals surface area contributed by atoms with Crippen LogP contribution < -0.4 is 5.32 Å². The number of carbonyl (C=O) groups excluding carboxylic acids is 3. The third kappa shape index (κ3) is 32.2.